The number of fused-ring (bicyclic) bond motifs is 2. The lowest BCUT2D eigenvalue weighted by molar-refractivity contribution is -0.121. The molecule has 2 aromatic carbocycles. The van der Waals surface area contributed by atoms with Crippen LogP contribution in [-0.2, 0) is 4.79 Å². The molecule has 6 rings (SSSR count). The standard InChI is InChI=1S/C30H33N7O5/c1-16-33-22-10-8-17(12-24(22)41-16)20-14-32-27-26(20)28(42-19-6-4-5-7-19)36-30(35-27)34-21-11-9-18(13-23(21)40-3)29(39)37(2)15-25(31)38/h8-14,19,29,39H,4-7,15H2,1-3H3,(H2,31,38)(H2,32,34,35,36). The number of amides is 1. The Morgan fingerprint density at radius 3 is 2.79 bits per heavy atom. The number of aryl methyl sites for hydroxylation is 1. The number of aliphatic hydroxyl groups is 1. The molecule has 12 heteroatoms. The summed E-state index contributed by atoms with van der Waals surface area (Å²) in [6.45, 7) is 1.74. The van der Waals surface area contributed by atoms with Crippen LogP contribution in [0.15, 0.2) is 47.0 Å². The van der Waals surface area contributed by atoms with E-state index in [-0.39, 0.29) is 12.6 Å². The summed E-state index contributed by atoms with van der Waals surface area (Å²) in [6, 6.07) is 11.1. The quantitative estimate of drug-likeness (QED) is 0.175. The fraction of sp³-hybridized carbons (Fsp3) is 0.333. The number of anilines is 2. The number of nitrogens with one attached hydrogen (secondary N) is 2. The highest BCUT2D eigenvalue weighted by atomic mass is 16.5. The van der Waals surface area contributed by atoms with Gasteiger partial charge in [0.2, 0.25) is 17.7 Å². The molecular weight excluding hydrogens is 538 g/mol. The van der Waals surface area contributed by atoms with E-state index >= 15 is 0 Å². The second-order valence-electron chi connectivity index (χ2n) is 10.6. The fourth-order valence-electron chi connectivity index (χ4n) is 5.42. The minimum atomic E-state index is -1.04. The van der Waals surface area contributed by atoms with Crippen LogP contribution in [0.5, 0.6) is 11.6 Å². The number of rotatable bonds is 10. The second kappa shape index (κ2) is 11.3. The molecule has 3 aromatic heterocycles. The second-order valence-corrected chi connectivity index (χ2v) is 10.6. The minimum absolute atomic E-state index is 0.0748. The van der Waals surface area contributed by atoms with Gasteiger partial charge in [-0.2, -0.15) is 9.97 Å². The van der Waals surface area contributed by atoms with E-state index in [0.29, 0.717) is 45.9 Å². The maximum Gasteiger partial charge on any atom is 0.232 e. The first-order chi connectivity index (χ1) is 20.3. The molecule has 0 spiro atoms. The molecule has 1 atom stereocenters. The first-order valence-electron chi connectivity index (χ1n) is 13.8. The van der Waals surface area contributed by atoms with E-state index in [2.05, 4.69) is 15.3 Å². The van der Waals surface area contributed by atoms with Crippen LogP contribution in [0.2, 0.25) is 0 Å². The van der Waals surface area contributed by atoms with Gasteiger partial charge in [-0.05, 0) is 68.1 Å². The topological polar surface area (TPSA) is 165 Å². The predicted octanol–water partition coefficient (Wildman–Crippen LogP) is 4.56. The summed E-state index contributed by atoms with van der Waals surface area (Å²) < 4.78 is 17.9. The number of nitrogens with two attached hydrogens (primary N) is 1. The van der Waals surface area contributed by atoms with Crippen LogP contribution in [-0.4, -0.2) is 62.7 Å². The van der Waals surface area contributed by atoms with E-state index in [1.54, 1.807) is 25.2 Å². The van der Waals surface area contributed by atoms with Gasteiger partial charge in [-0.1, -0.05) is 12.1 Å². The Morgan fingerprint density at radius 2 is 2.02 bits per heavy atom. The summed E-state index contributed by atoms with van der Waals surface area (Å²) in [4.78, 5) is 30.0. The Hall–Kier alpha value is -4.68. The molecule has 1 fully saturated rings. The van der Waals surface area contributed by atoms with Crippen LogP contribution in [0.3, 0.4) is 0 Å². The van der Waals surface area contributed by atoms with Crippen molar-refractivity contribution >= 4 is 39.7 Å². The monoisotopic (exact) mass is 571 g/mol. The van der Waals surface area contributed by atoms with Crippen LogP contribution in [0.25, 0.3) is 33.3 Å². The molecule has 0 aliphatic heterocycles. The Bertz CT molecular complexity index is 1760. The average molecular weight is 572 g/mol. The number of oxazole rings is 1. The number of ether oxygens (including phenoxy) is 2. The number of benzene rings is 2. The number of carbonyl (C=O) groups is 1. The van der Waals surface area contributed by atoms with Crippen molar-refractivity contribution < 1.29 is 23.8 Å². The third kappa shape index (κ3) is 5.46. The lowest BCUT2D eigenvalue weighted by Gasteiger charge is -2.23. The Morgan fingerprint density at radius 1 is 1.21 bits per heavy atom. The number of H-pyrrole nitrogens is 1. The van der Waals surface area contributed by atoms with E-state index in [9.17, 15) is 9.90 Å². The van der Waals surface area contributed by atoms with Gasteiger partial charge in [0.05, 0.1) is 24.7 Å². The zero-order valence-electron chi connectivity index (χ0n) is 23.7. The van der Waals surface area contributed by atoms with Gasteiger partial charge in [0.15, 0.2) is 11.5 Å². The van der Waals surface area contributed by atoms with Crippen molar-refractivity contribution in [3.05, 3.63) is 54.0 Å². The van der Waals surface area contributed by atoms with Crippen LogP contribution < -0.4 is 20.5 Å². The molecule has 5 N–H and O–H groups in total. The van der Waals surface area contributed by atoms with Gasteiger partial charge in [-0.3, -0.25) is 9.69 Å². The number of methoxy groups -OCH3 is 1. The number of aromatic nitrogens is 4. The normalized spacial score (nSPS) is 14.6. The SMILES string of the molecule is COc1cc(C(O)N(C)CC(N)=O)ccc1Nc1nc(OC2CCCC2)c2c(-c3ccc4nc(C)oc4c3)c[nH]c2n1. The number of aromatic amines is 1. The number of primary amides is 1. The summed E-state index contributed by atoms with van der Waals surface area (Å²) in [7, 11) is 3.14. The zero-order valence-corrected chi connectivity index (χ0v) is 23.7. The van der Waals surface area contributed by atoms with Crippen molar-refractivity contribution in [2.45, 2.75) is 44.9 Å². The van der Waals surface area contributed by atoms with Gasteiger partial charge >= 0.3 is 0 Å². The van der Waals surface area contributed by atoms with Crippen molar-refractivity contribution in [3.8, 4) is 22.8 Å². The summed E-state index contributed by atoms with van der Waals surface area (Å²) in [5.41, 5.74) is 10.4. The van der Waals surface area contributed by atoms with Crippen molar-refractivity contribution in [1.29, 1.82) is 0 Å². The first kappa shape index (κ1) is 27.5. The van der Waals surface area contributed by atoms with Crippen molar-refractivity contribution in [1.82, 2.24) is 24.8 Å². The molecule has 218 valence electrons. The van der Waals surface area contributed by atoms with Gasteiger partial charge in [0.25, 0.3) is 0 Å². The molecular formula is C30H33N7O5. The van der Waals surface area contributed by atoms with Crippen LogP contribution in [0.1, 0.15) is 43.4 Å². The molecule has 0 bridgehead atoms. The van der Waals surface area contributed by atoms with E-state index in [4.69, 9.17) is 29.6 Å². The van der Waals surface area contributed by atoms with Gasteiger partial charge < -0.3 is 35.0 Å². The maximum absolute atomic E-state index is 11.3. The highest BCUT2D eigenvalue weighted by molar-refractivity contribution is 5.99. The molecule has 1 aliphatic rings. The smallest absolute Gasteiger partial charge is 0.232 e. The third-order valence-corrected chi connectivity index (χ3v) is 7.48. The summed E-state index contributed by atoms with van der Waals surface area (Å²) in [6.07, 6.45) is 5.11. The number of carbonyl (C=O) groups excluding carboxylic acids is 1. The molecule has 42 heavy (non-hydrogen) atoms. The number of aliphatic hydroxyl groups excluding tert-OH is 1. The van der Waals surface area contributed by atoms with E-state index < -0.39 is 12.1 Å². The molecule has 1 unspecified atom stereocenters. The number of likely N-dealkylation sites (N-methyl/N-ethyl adjacent to an activating group) is 1. The molecule has 0 radical (unpaired) electrons. The van der Waals surface area contributed by atoms with Gasteiger partial charge in [0.1, 0.15) is 29.2 Å². The summed E-state index contributed by atoms with van der Waals surface area (Å²) in [5, 5.41) is 14.7. The van der Waals surface area contributed by atoms with E-state index in [1.165, 1.54) is 12.0 Å². The Balaban J connectivity index is 1.36. The van der Waals surface area contributed by atoms with E-state index in [1.807, 2.05) is 31.3 Å². The van der Waals surface area contributed by atoms with Crippen molar-refractivity contribution in [3.63, 3.8) is 0 Å². The first-order valence-corrected chi connectivity index (χ1v) is 13.8. The average Bonchev–Trinajstić information content (AvgIpc) is 3.71. The van der Waals surface area contributed by atoms with Crippen LogP contribution in [0.4, 0.5) is 11.6 Å². The lowest BCUT2D eigenvalue weighted by Crippen LogP contribution is -2.33. The van der Waals surface area contributed by atoms with Crippen molar-refractivity contribution in [2.24, 2.45) is 5.73 Å². The molecule has 3 heterocycles. The molecule has 0 saturated heterocycles. The molecule has 1 saturated carbocycles. The van der Waals surface area contributed by atoms with Gasteiger partial charge in [-0.25, -0.2) is 4.98 Å². The highest BCUT2D eigenvalue weighted by Gasteiger charge is 2.23. The largest absolute Gasteiger partial charge is 0.495 e. The molecule has 1 amide bonds. The lowest BCUT2D eigenvalue weighted by atomic mass is 10.1. The maximum atomic E-state index is 11.3. The third-order valence-electron chi connectivity index (χ3n) is 7.48. The van der Waals surface area contributed by atoms with Crippen molar-refractivity contribution in [2.75, 3.05) is 26.0 Å². The van der Waals surface area contributed by atoms with Gasteiger partial charge in [-0.15, -0.1) is 0 Å². The molecule has 1 aliphatic carbocycles. The Kier molecular flexibility index (Phi) is 7.40. The zero-order chi connectivity index (χ0) is 29.4. The highest BCUT2D eigenvalue weighted by Crippen LogP contribution is 2.38. The summed E-state index contributed by atoms with van der Waals surface area (Å²) in [5.74, 6) is 1.34. The summed E-state index contributed by atoms with van der Waals surface area (Å²) >= 11 is 0. The number of nitrogens with zero attached hydrogens (tertiary/aromatic N) is 4. The molecule has 5 aromatic rings. The number of hydrogen-bond acceptors (Lipinski definition) is 10. The minimum Gasteiger partial charge on any atom is -0.495 e. The predicted molar refractivity (Wildman–Crippen MR) is 158 cm³/mol. The van der Waals surface area contributed by atoms with E-state index in [0.717, 1.165) is 47.7 Å². The molecule has 12 nitrogen and oxygen atoms in total. The number of hydrogen-bond donors (Lipinski definition) is 4. The van der Waals surface area contributed by atoms with Crippen LogP contribution in [0, 0.1) is 6.92 Å². The fourth-order valence-corrected chi connectivity index (χ4v) is 5.42. The Labute approximate surface area is 241 Å². The van der Waals surface area contributed by atoms with Crippen LogP contribution >= 0.6 is 0 Å². The van der Waals surface area contributed by atoms with Gasteiger partial charge in [0, 0.05) is 18.7 Å².